The summed E-state index contributed by atoms with van der Waals surface area (Å²) in [7, 11) is 0. The molecule has 0 unspecified atom stereocenters. The highest BCUT2D eigenvalue weighted by molar-refractivity contribution is 6.93. The summed E-state index contributed by atoms with van der Waals surface area (Å²) in [4.78, 5) is 18.7. The molecule has 0 rings (SSSR count). The van der Waals surface area contributed by atoms with Crippen molar-refractivity contribution in [3.63, 3.8) is 0 Å². The number of esters is 1. The number of carbonyl (C=O) groups excluding carboxylic acids is 2. The van der Waals surface area contributed by atoms with Crippen molar-refractivity contribution < 1.29 is 14.3 Å². The van der Waals surface area contributed by atoms with Crippen LogP contribution in [-0.2, 0) is 9.53 Å². The molecule has 0 aliphatic heterocycles. The summed E-state index contributed by atoms with van der Waals surface area (Å²) in [5.41, 5.74) is 0. The van der Waals surface area contributed by atoms with E-state index in [1.165, 1.54) is 6.92 Å². The van der Waals surface area contributed by atoms with Crippen LogP contribution in [-0.4, -0.2) is 10.7 Å². The zero-order valence-corrected chi connectivity index (χ0v) is 6.78. The Hall–Kier alpha value is -0.540. The molecule has 0 aliphatic rings. The van der Waals surface area contributed by atoms with Crippen LogP contribution in [0, 0.1) is 0 Å². The molecule has 0 saturated heterocycles. The summed E-state index contributed by atoms with van der Waals surface area (Å²) in [5.74, 6) is -0.329. The van der Waals surface area contributed by atoms with Crippen LogP contribution in [0.1, 0.15) is 6.92 Å². The predicted molar refractivity (Wildman–Crippen MR) is 39.1 cm³/mol. The van der Waals surface area contributed by atoms with E-state index in [1.807, 2.05) is 0 Å². The molecule has 10 heavy (non-hydrogen) atoms. The Labute approximate surface area is 68.6 Å². The largest absolute Gasteiger partial charge is 0.435 e. The zero-order chi connectivity index (χ0) is 8.57. The highest BCUT2D eigenvalue weighted by Gasteiger charge is 1.79. The smallest absolute Gasteiger partial charge is 0.313 e. The van der Waals surface area contributed by atoms with Crippen LogP contribution in [0.4, 0.5) is 4.79 Å². The SMILES string of the molecule is C=COC(C)=O.O=C(Cl)Cl. The van der Waals surface area contributed by atoms with E-state index in [9.17, 15) is 4.79 Å². The van der Waals surface area contributed by atoms with Gasteiger partial charge in [-0.05, 0) is 23.2 Å². The third-order valence-corrected chi connectivity index (χ3v) is 0.249. The Morgan fingerprint density at radius 1 is 1.50 bits per heavy atom. The van der Waals surface area contributed by atoms with Crippen LogP contribution >= 0.6 is 23.2 Å². The van der Waals surface area contributed by atoms with Gasteiger partial charge in [-0.15, -0.1) is 0 Å². The van der Waals surface area contributed by atoms with Gasteiger partial charge in [0.05, 0.1) is 6.26 Å². The molecule has 0 fully saturated rings. The molecule has 0 atom stereocenters. The van der Waals surface area contributed by atoms with E-state index in [-0.39, 0.29) is 5.97 Å². The minimum absolute atomic E-state index is 0.329. The zero-order valence-electron chi connectivity index (χ0n) is 5.27. The Morgan fingerprint density at radius 3 is 1.80 bits per heavy atom. The quantitative estimate of drug-likeness (QED) is 0.357. The summed E-state index contributed by atoms with van der Waals surface area (Å²) >= 11 is 8.80. The molecular formula is C5H6Cl2O3. The lowest BCUT2D eigenvalue weighted by Gasteiger charge is -1.83. The van der Waals surface area contributed by atoms with Gasteiger partial charge in [0.25, 0.3) is 0 Å². The number of hydrogen-bond acceptors (Lipinski definition) is 3. The van der Waals surface area contributed by atoms with Gasteiger partial charge in [0, 0.05) is 6.92 Å². The molecule has 0 bridgehead atoms. The van der Waals surface area contributed by atoms with Gasteiger partial charge in [0.15, 0.2) is 0 Å². The Bertz CT molecular complexity index is 129. The van der Waals surface area contributed by atoms with Crippen LogP contribution in [0.25, 0.3) is 0 Å². The second-order valence-corrected chi connectivity index (χ2v) is 1.88. The molecule has 3 nitrogen and oxygen atoms in total. The summed E-state index contributed by atoms with van der Waals surface area (Å²) in [5, 5.41) is 0. The molecule has 0 aliphatic carbocycles. The van der Waals surface area contributed by atoms with Crippen LogP contribution < -0.4 is 0 Å². The van der Waals surface area contributed by atoms with E-state index in [2.05, 4.69) is 34.5 Å². The minimum Gasteiger partial charge on any atom is -0.435 e. The van der Waals surface area contributed by atoms with E-state index >= 15 is 0 Å². The maximum Gasteiger partial charge on any atom is 0.313 e. The minimum atomic E-state index is -0.889. The first-order valence-electron chi connectivity index (χ1n) is 2.13. The number of hydrogen-bond donors (Lipinski definition) is 0. The highest BCUT2D eigenvalue weighted by atomic mass is 35.5. The van der Waals surface area contributed by atoms with Crippen molar-refractivity contribution in [2.24, 2.45) is 0 Å². The Kier molecular flexibility index (Phi) is 10.3. The molecule has 58 valence electrons. The number of halogens is 2. The van der Waals surface area contributed by atoms with Crippen molar-refractivity contribution in [1.82, 2.24) is 0 Å². The molecule has 0 radical (unpaired) electrons. The summed E-state index contributed by atoms with van der Waals surface area (Å²) < 4.78 is 3.28. The molecule has 0 aromatic rings. The fraction of sp³-hybridized carbons (Fsp3) is 0.200. The van der Waals surface area contributed by atoms with Gasteiger partial charge in [0.1, 0.15) is 0 Å². The molecule has 0 spiro atoms. The fourth-order valence-electron chi connectivity index (χ4n) is 0.117. The van der Waals surface area contributed by atoms with E-state index in [1.54, 1.807) is 0 Å². The van der Waals surface area contributed by atoms with Crippen LogP contribution in [0.15, 0.2) is 12.8 Å². The van der Waals surface area contributed by atoms with Crippen molar-refractivity contribution in [3.8, 4) is 0 Å². The van der Waals surface area contributed by atoms with Gasteiger partial charge < -0.3 is 4.74 Å². The topological polar surface area (TPSA) is 43.4 Å². The third-order valence-electron chi connectivity index (χ3n) is 0.249. The van der Waals surface area contributed by atoms with Crippen molar-refractivity contribution >= 4 is 33.9 Å². The lowest BCUT2D eigenvalue weighted by atomic mass is 10.8. The maximum absolute atomic E-state index is 9.75. The molecular weight excluding hydrogens is 179 g/mol. The van der Waals surface area contributed by atoms with E-state index in [0.717, 1.165) is 6.26 Å². The molecule has 0 aromatic heterocycles. The van der Waals surface area contributed by atoms with Crippen molar-refractivity contribution in [2.75, 3.05) is 0 Å². The van der Waals surface area contributed by atoms with Crippen LogP contribution in [0.2, 0.25) is 0 Å². The van der Waals surface area contributed by atoms with Gasteiger partial charge >= 0.3 is 10.7 Å². The highest BCUT2D eigenvalue weighted by Crippen LogP contribution is 1.84. The molecule has 5 heteroatoms. The molecule has 0 heterocycles. The molecule has 0 N–H and O–H groups in total. The van der Waals surface area contributed by atoms with E-state index in [4.69, 9.17) is 4.79 Å². The van der Waals surface area contributed by atoms with E-state index < -0.39 is 4.70 Å². The second-order valence-electron chi connectivity index (χ2n) is 1.00. The Morgan fingerprint density at radius 2 is 1.80 bits per heavy atom. The summed E-state index contributed by atoms with van der Waals surface area (Å²) in [6, 6.07) is 0. The average Bonchev–Trinajstić information content (AvgIpc) is 1.62. The first-order chi connectivity index (χ1) is 4.50. The predicted octanol–water partition coefficient (Wildman–Crippen LogP) is 2.28. The lowest BCUT2D eigenvalue weighted by Crippen LogP contribution is -1.87. The number of ether oxygens (including phenoxy) is 1. The monoisotopic (exact) mass is 184 g/mol. The fourth-order valence-corrected chi connectivity index (χ4v) is 0.117. The number of carbonyl (C=O) groups is 2. The van der Waals surface area contributed by atoms with Gasteiger partial charge in [-0.1, -0.05) is 6.58 Å². The standard InChI is InChI=1S/C4H6O2.CCl2O/c1-3-6-4(2)5;2-1(3)4/h3H,1H2,2H3;. The van der Waals surface area contributed by atoms with Gasteiger partial charge in [0.2, 0.25) is 0 Å². The molecule has 0 amide bonds. The van der Waals surface area contributed by atoms with Gasteiger partial charge in [-0.2, -0.15) is 0 Å². The number of rotatable bonds is 1. The van der Waals surface area contributed by atoms with Crippen LogP contribution in [0.5, 0.6) is 0 Å². The first kappa shape index (κ1) is 12.2. The van der Waals surface area contributed by atoms with Crippen LogP contribution in [0.3, 0.4) is 0 Å². The molecule has 0 saturated carbocycles. The lowest BCUT2D eigenvalue weighted by molar-refractivity contribution is -0.135. The van der Waals surface area contributed by atoms with Gasteiger partial charge in [-0.25, -0.2) is 0 Å². The first-order valence-corrected chi connectivity index (χ1v) is 2.89. The summed E-state index contributed by atoms with van der Waals surface area (Å²) in [6.45, 7) is 4.48. The van der Waals surface area contributed by atoms with Crippen molar-refractivity contribution in [1.29, 1.82) is 0 Å². The normalized spacial score (nSPS) is 6.70. The van der Waals surface area contributed by atoms with Gasteiger partial charge in [-0.3, -0.25) is 9.59 Å². The Balaban J connectivity index is 0. The third kappa shape index (κ3) is 51.4. The summed E-state index contributed by atoms with van der Waals surface area (Å²) in [6.07, 6.45) is 1.10. The van der Waals surface area contributed by atoms with Crippen molar-refractivity contribution in [2.45, 2.75) is 6.92 Å². The van der Waals surface area contributed by atoms with Crippen molar-refractivity contribution in [3.05, 3.63) is 12.8 Å². The molecule has 0 aromatic carbocycles. The second kappa shape index (κ2) is 8.46. The van der Waals surface area contributed by atoms with E-state index in [0.29, 0.717) is 0 Å². The average molecular weight is 185 g/mol. The maximum atomic E-state index is 9.75.